The molecule has 3 rings (SSSR count). The van der Waals surface area contributed by atoms with Crippen molar-refractivity contribution < 1.29 is 4.39 Å². The minimum absolute atomic E-state index is 0.0492. The third-order valence-corrected chi connectivity index (χ3v) is 5.10. The molecule has 1 N–H and O–H groups in total. The summed E-state index contributed by atoms with van der Waals surface area (Å²) in [6.45, 7) is 5.35. The Morgan fingerprint density at radius 3 is 2.57 bits per heavy atom. The van der Waals surface area contributed by atoms with Gasteiger partial charge >= 0.3 is 0 Å². The molecular formula is C18H27FN2. The van der Waals surface area contributed by atoms with Crippen molar-refractivity contribution in [2.45, 2.75) is 70.5 Å². The Kier molecular flexibility index (Phi) is 4.48. The molecule has 2 fully saturated rings. The topological polar surface area (TPSA) is 15.3 Å². The monoisotopic (exact) mass is 290 g/mol. The van der Waals surface area contributed by atoms with Gasteiger partial charge in [0.1, 0.15) is 5.82 Å². The van der Waals surface area contributed by atoms with Gasteiger partial charge in [-0.15, -0.1) is 0 Å². The van der Waals surface area contributed by atoms with Gasteiger partial charge in [0.05, 0.1) is 5.69 Å². The highest BCUT2D eigenvalue weighted by Crippen LogP contribution is 2.40. The molecule has 1 aromatic carbocycles. The lowest BCUT2D eigenvalue weighted by Crippen LogP contribution is -2.57. The van der Waals surface area contributed by atoms with Gasteiger partial charge in [-0.3, -0.25) is 0 Å². The molecule has 116 valence electrons. The smallest absolute Gasteiger partial charge is 0.146 e. The predicted molar refractivity (Wildman–Crippen MR) is 86.4 cm³/mol. The maximum absolute atomic E-state index is 14.4. The van der Waals surface area contributed by atoms with Crippen molar-refractivity contribution in [1.82, 2.24) is 5.32 Å². The number of piperidine rings is 2. The Balaban J connectivity index is 1.84. The van der Waals surface area contributed by atoms with E-state index in [1.807, 2.05) is 19.1 Å². The molecule has 2 aliphatic heterocycles. The van der Waals surface area contributed by atoms with Gasteiger partial charge < -0.3 is 10.2 Å². The number of anilines is 1. The standard InChI is InChI=1S/C18H27FN2/c1-3-10-20-14-11-15-7-5-8-16(12-14)21(15)18-13(2)6-4-9-17(18)19/h4,6,9,14-16,20H,3,5,7-8,10-12H2,1-2H3. The van der Waals surface area contributed by atoms with E-state index in [1.165, 1.54) is 25.7 Å². The number of fused-ring (bicyclic) bond motifs is 2. The summed E-state index contributed by atoms with van der Waals surface area (Å²) in [5, 5.41) is 3.68. The fourth-order valence-electron chi connectivity index (χ4n) is 4.21. The Morgan fingerprint density at radius 1 is 1.24 bits per heavy atom. The first kappa shape index (κ1) is 14.8. The molecular weight excluding hydrogens is 263 g/mol. The molecule has 0 radical (unpaired) electrons. The minimum atomic E-state index is -0.0492. The Morgan fingerprint density at radius 2 is 1.95 bits per heavy atom. The highest BCUT2D eigenvalue weighted by Gasteiger charge is 2.39. The maximum Gasteiger partial charge on any atom is 0.146 e. The molecule has 2 nitrogen and oxygen atoms in total. The van der Waals surface area contributed by atoms with Crippen LogP contribution >= 0.6 is 0 Å². The van der Waals surface area contributed by atoms with Crippen LogP contribution in [0.4, 0.5) is 10.1 Å². The van der Waals surface area contributed by atoms with Crippen LogP contribution in [-0.2, 0) is 0 Å². The molecule has 3 heteroatoms. The highest BCUT2D eigenvalue weighted by molar-refractivity contribution is 5.57. The second kappa shape index (κ2) is 6.35. The van der Waals surface area contributed by atoms with Crippen molar-refractivity contribution in [3.63, 3.8) is 0 Å². The Labute approximate surface area is 127 Å². The zero-order chi connectivity index (χ0) is 14.8. The van der Waals surface area contributed by atoms with Gasteiger partial charge in [-0.05, 0) is 63.6 Å². The molecule has 2 atom stereocenters. The third-order valence-electron chi connectivity index (χ3n) is 5.10. The minimum Gasteiger partial charge on any atom is -0.363 e. The zero-order valence-corrected chi connectivity index (χ0v) is 13.2. The van der Waals surface area contributed by atoms with Crippen LogP contribution in [0.25, 0.3) is 0 Å². The summed E-state index contributed by atoms with van der Waals surface area (Å²) in [6, 6.07) is 7.09. The fourth-order valence-corrected chi connectivity index (χ4v) is 4.21. The van der Waals surface area contributed by atoms with Crippen LogP contribution < -0.4 is 10.2 Å². The quantitative estimate of drug-likeness (QED) is 0.901. The number of benzene rings is 1. The first-order valence-corrected chi connectivity index (χ1v) is 8.47. The SMILES string of the molecule is CCCNC1CC2CCCC(C1)N2c1c(C)cccc1F. The molecule has 21 heavy (non-hydrogen) atoms. The van der Waals surface area contributed by atoms with E-state index in [4.69, 9.17) is 0 Å². The summed E-state index contributed by atoms with van der Waals surface area (Å²) in [5.41, 5.74) is 1.94. The summed E-state index contributed by atoms with van der Waals surface area (Å²) < 4.78 is 14.4. The summed E-state index contributed by atoms with van der Waals surface area (Å²) in [6.07, 6.45) is 7.19. The summed E-state index contributed by atoms with van der Waals surface area (Å²) >= 11 is 0. The first-order chi connectivity index (χ1) is 10.2. The van der Waals surface area contributed by atoms with Gasteiger partial charge in [0.15, 0.2) is 0 Å². The zero-order valence-electron chi connectivity index (χ0n) is 13.2. The van der Waals surface area contributed by atoms with Crippen LogP contribution in [0.15, 0.2) is 18.2 Å². The van der Waals surface area contributed by atoms with Crippen molar-refractivity contribution in [2.75, 3.05) is 11.4 Å². The molecule has 2 heterocycles. The largest absolute Gasteiger partial charge is 0.363 e. The summed E-state index contributed by atoms with van der Waals surface area (Å²) in [5.74, 6) is -0.0492. The van der Waals surface area contributed by atoms with E-state index in [0.717, 1.165) is 30.6 Å². The van der Waals surface area contributed by atoms with Gasteiger partial charge in [0.2, 0.25) is 0 Å². The number of rotatable bonds is 4. The average molecular weight is 290 g/mol. The maximum atomic E-state index is 14.4. The number of nitrogens with one attached hydrogen (secondary N) is 1. The van der Waals surface area contributed by atoms with Gasteiger partial charge in [-0.2, -0.15) is 0 Å². The second-order valence-corrected chi connectivity index (χ2v) is 6.67. The third kappa shape index (κ3) is 2.94. The number of para-hydroxylation sites is 1. The molecule has 0 aromatic heterocycles. The number of nitrogens with zero attached hydrogens (tertiary/aromatic N) is 1. The number of aryl methyl sites for hydroxylation is 1. The number of hydrogen-bond donors (Lipinski definition) is 1. The van der Waals surface area contributed by atoms with Crippen molar-refractivity contribution in [1.29, 1.82) is 0 Å². The summed E-state index contributed by atoms with van der Waals surface area (Å²) in [4.78, 5) is 2.41. The van der Waals surface area contributed by atoms with E-state index in [2.05, 4.69) is 17.1 Å². The lowest BCUT2D eigenvalue weighted by Gasteiger charge is -2.51. The van der Waals surface area contributed by atoms with Gasteiger partial charge in [0.25, 0.3) is 0 Å². The Bertz CT molecular complexity index is 454. The van der Waals surface area contributed by atoms with Crippen LogP contribution in [0, 0.1) is 12.7 Å². The van der Waals surface area contributed by atoms with Crippen LogP contribution in [-0.4, -0.2) is 24.7 Å². The van der Waals surface area contributed by atoms with Crippen LogP contribution in [0.2, 0.25) is 0 Å². The van der Waals surface area contributed by atoms with Crippen molar-refractivity contribution in [3.05, 3.63) is 29.6 Å². The second-order valence-electron chi connectivity index (χ2n) is 6.67. The molecule has 2 bridgehead atoms. The molecule has 2 aliphatic rings. The van der Waals surface area contributed by atoms with Crippen LogP contribution in [0.1, 0.15) is 51.0 Å². The number of hydrogen-bond acceptors (Lipinski definition) is 2. The van der Waals surface area contributed by atoms with E-state index in [0.29, 0.717) is 18.1 Å². The Hall–Kier alpha value is -1.09. The summed E-state index contributed by atoms with van der Waals surface area (Å²) in [7, 11) is 0. The first-order valence-electron chi connectivity index (χ1n) is 8.47. The lowest BCUT2D eigenvalue weighted by atomic mass is 9.81. The van der Waals surface area contributed by atoms with E-state index < -0.39 is 0 Å². The van der Waals surface area contributed by atoms with E-state index in [-0.39, 0.29) is 5.82 Å². The van der Waals surface area contributed by atoms with Crippen LogP contribution in [0.3, 0.4) is 0 Å². The normalized spacial score (nSPS) is 28.7. The molecule has 2 unspecified atom stereocenters. The van der Waals surface area contributed by atoms with E-state index in [9.17, 15) is 4.39 Å². The van der Waals surface area contributed by atoms with Crippen LogP contribution in [0.5, 0.6) is 0 Å². The molecule has 0 spiro atoms. The average Bonchev–Trinajstić information content (AvgIpc) is 2.45. The number of halogens is 1. The van der Waals surface area contributed by atoms with E-state index in [1.54, 1.807) is 6.07 Å². The lowest BCUT2D eigenvalue weighted by molar-refractivity contribution is 0.244. The highest BCUT2D eigenvalue weighted by atomic mass is 19.1. The van der Waals surface area contributed by atoms with E-state index >= 15 is 0 Å². The van der Waals surface area contributed by atoms with Gasteiger partial charge in [-0.25, -0.2) is 4.39 Å². The molecule has 1 aromatic rings. The molecule has 2 saturated heterocycles. The van der Waals surface area contributed by atoms with Gasteiger partial charge in [-0.1, -0.05) is 19.1 Å². The van der Waals surface area contributed by atoms with Crippen molar-refractivity contribution in [2.24, 2.45) is 0 Å². The van der Waals surface area contributed by atoms with Crippen molar-refractivity contribution >= 4 is 5.69 Å². The molecule has 0 saturated carbocycles. The fraction of sp³-hybridized carbons (Fsp3) is 0.667. The van der Waals surface area contributed by atoms with Gasteiger partial charge in [0, 0.05) is 18.1 Å². The molecule has 0 amide bonds. The van der Waals surface area contributed by atoms with Crippen molar-refractivity contribution in [3.8, 4) is 0 Å². The molecule has 0 aliphatic carbocycles. The predicted octanol–water partition coefficient (Wildman–Crippen LogP) is 4.02.